The van der Waals surface area contributed by atoms with Crippen LogP contribution in [-0.4, -0.2) is 44.6 Å². The van der Waals surface area contributed by atoms with Gasteiger partial charge in [0.2, 0.25) is 0 Å². The molecule has 7 heteroatoms. The molecule has 0 aliphatic rings. The van der Waals surface area contributed by atoms with Crippen molar-refractivity contribution >= 4 is 16.9 Å². The first kappa shape index (κ1) is 19.1. The minimum atomic E-state index is -0.0435. The van der Waals surface area contributed by atoms with Crippen molar-refractivity contribution in [3.05, 3.63) is 35.3 Å². The average Bonchev–Trinajstić information content (AvgIpc) is 2.97. The number of methoxy groups -OCH3 is 1. The SMILES string of the molecule is CCC[C@@H](CO)Nc1nc(C)nc2c1c(C)nn2-c1ccc(OC)cc1C. The molecule has 2 N–H and O–H groups in total. The Balaban J connectivity index is 2.15. The number of hydrogen-bond acceptors (Lipinski definition) is 6. The molecule has 1 atom stereocenters. The van der Waals surface area contributed by atoms with Crippen LogP contribution in [0.3, 0.4) is 0 Å². The Morgan fingerprint density at radius 2 is 2.00 bits per heavy atom. The average molecular weight is 369 g/mol. The Bertz CT molecular complexity index is 951. The predicted octanol–water partition coefficient (Wildman–Crippen LogP) is 3.32. The van der Waals surface area contributed by atoms with E-state index in [0.717, 1.165) is 52.4 Å². The predicted molar refractivity (Wildman–Crippen MR) is 107 cm³/mol. The number of benzene rings is 1. The summed E-state index contributed by atoms with van der Waals surface area (Å²) >= 11 is 0. The van der Waals surface area contributed by atoms with Gasteiger partial charge in [-0.15, -0.1) is 0 Å². The van der Waals surface area contributed by atoms with Crippen molar-refractivity contribution < 1.29 is 9.84 Å². The van der Waals surface area contributed by atoms with Gasteiger partial charge in [-0.2, -0.15) is 5.10 Å². The first-order valence-electron chi connectivity index (χ1n) is 9.24. The Hall–Kier alpha value is -2.67. The molecule has 0 aliphatic heterocycles. The zero-order valence-corrected chi connectivity index (χ0v) is 16.6. The van der Waals surface area contributed by atoms with Gasteiger partial charge in [-0.05, 0) is 51.0 Å². The lowest BCUT2D eigenvalue weighted by Crippen LogP contribution is -2.24. The van der Waals surface area contributed by atoms with Crippen molar-refractivity contribution in [2.45, 2.75) is 46.6 Å². The van der Waals surface area contributed by atoms with Gasteiger partial charge in [0.25, 0.3) is 0 Å². The molecule has 0 saturated carbocycles. The van der Waals surface area contributed by atoms with Gasteiger partial charge in [0.15, 0.2) is 5.65 Å². The number of nitrogens with one attached hydrogen (secondary N) is 1. The van der Waals surface area contributed by atoms with Crippen LogP contribution < -0.4 is 10.1 Å². The molecule has 27 heavy (non-hydrogen) atoms. The van der Waals surface area contributed by atoms with Crippen molar-refractivity contribution in [1.29, 1.82) is 0 Å². The van der Waals surface area contributed by atoms with Crippen molar-refractivity contribution in [2.24, 2.45) is 0 Å². The normalized spacial score (nSPS) is 12.4. The second-order valence-corrected chi connectivity index (χ2v) is 6.78. The summed E-state index contributed by atoms with van der Waals surface area (Å²) in [7, 11) is 1.66. The van der Waals surface area contributed by atoms with Crippen LogP contribution in [0.5, 0.6) is 5.75 Å². The largest absolute Gasteiger partial charge is 0.497 e. The molecule has 0 spiro atoms. The minimum absolute atomic E-state index is 0.0435. The van der Waals surface area contributed by atoms with Crippen molar-refractivity contribution in [3.8, 4) is 11.4 Å². The van der Waals surface area contributed by atoms with E-state index in [4.69, 9.17) is 9.84 Å². The van der Waals surface area contributed by atoms with E-state index in [1.807, 2.05) is 43.7 Å². The third kappa shape index (κ3) is 3.73. The highest BCUT2D eigenvalue weighted by Gasteiger charge is 2.19. The third-order valence-corrected chi connectivity index (χ3v) is 4.64. The number of aliphatic hydroxyl groups is 1. The monoisotopic (exact) mass is 369 g/mol. The lowest BCUT2D eigenvalue weighted by Gasteiger charge is -2.17. The van der Waals surface area contributed by atoms with Crippen LogP contribution in [0.25, 0.3) is 16.7 Å². The van der Waals surface area contributed by atoms with Gasteiger partial charge in [-0.25, -0.2) is 14.6 Å². The van der Waals surface area contributed by atoms with E-state index in [9.17, 15) is 5.11 Å². The number of anilines is 1. The van der Waals surface area contributed by atoms with Gasteiger partial charge in [-0.3, -0.25) is 0 Å². The maximum atomic E-state index is 9.66. The summed E-state index contributed by atoms with van der Waals surface area (Å²) < 4.78 is 7.16. The number of nitrogens with zero attached hydrogens (tertiary/aromatic N) is 4. The topological polar surface area (TPSA) is 85.1 Å². The van der Waals surface area contributed by atoms with E-state index in [-0.39, 0.29) is 12.6 Å². The highest BCUT2D eigenvalue weighted by molar-refractivity contribution is 5.90. The standard InChI is InChI=1S/C20H27N5O2/c1-6-7-15(11-26)23-19-18-13(3)24-25(20(18)22-14(4)21-19)17-9-8-16(27-5)10-12(17)2/h8-10,15,26H,6-7,11H2,1-5H3,(H,21,22,23)/t15-/m0/s1. The molecular weight excluding hydrogens is 342 g/mol. The number of aryl methyl sites for hydroxylation is 3. The number of ether oxygens (including phenoxy) is 1. The van der Waals surface area contributed by atoms with Gasteiger partial charge in [-0.1, -0.05) is 13.3 Å². The van der Waals surface area contributed by atoms with Crippen LogP contribution in [0.1, 0.15) is 36.8 Å². The number of aliphatic hydroxyl groups excluding tert-OH is 1. The van der Waals surface area contributed by atoms with Crippen LogP contribution >= 0.6 is 0 Å². The molecule has 0 unspecified atom stereocenters. The van der Waals surface area contributed by atoms with Gasteiger partial charge >= 0.3 is 0 Å². The zero-order chi connectivity index (χ0) is 19.6. The summed E-state index contributed by atoms with van der Waals surface area (Å²) in [6.07, 6.45) is 1.85. The van der Waals surface area contributed by atoms with E-state index in [2.05, 4.69) is 22.2 Å². The molecule has 0 radical (unpaired) electrons. The second kappa shape index (κ2) is 7.92. The Morgan fingerprint density at radius 1 is 1.22 bits per heavy atom. The van der Waals surface area contributed by atoms with Crippen LogP contribution in [0, 0.1) is 20.8 Å². The Labute approximate surface area is 159 Å². The molecule has 3 rings (SSSR count). The van der Waals surface area contributed by atoms with E-state index < -0.39 is 0 Å². The number of aromatic nitrogens is 4. The molecule has 0 fully saturated rings. The van der Waals surface area contributed by atoms with Crippen molar-refractivity contribution in [2.75, 3.05) is 19.0 Å². The maximum Gasteiger partial charge on any atom is 0.168 e. The lowest BCUT2D eigenvalue weighted by molar-refractivity contribution is 0.268. The summed E-state index contributed by atoms with van der Waals surface area (Å²) in [5, 5.41) is 18.6. The lowest BCUT2D eigenvalue weighted by atomic mass is 10.1. The maximum absolute atomic E-state index is 9.66. The van der Waals surface area contributed by atoms with Crippen LogP contribution in [0.2, 0.25) is 0 Å². The number of rotatable bonds is 7. The molecule has 0 amide bonds. The van der Waals surface area contributed by atoms with E-state index >= 15 is 0 Å². The fourth-order valence-electron chi connectivity index (χ4n) is 3.31. The summed E-state index contributed by atoms with van der Waals surface area (Å²) in [6.45, 7) is 8.00. The molecule has 1 aromatic carbocycles. The van der Waals surface area contributed by atoms with Gasteiger partial charge < -0.3 is 15.2 Å². The summed E-state index contributed by atoms with van der Waals surface area (Å²) in [5.41, 5.74) is 3.59. The molecule has 7 nitrogen and oxygen atoms in total. The first-order chi connectivity index (χ1) is 13.0. The molecule has 0 aliphatic carbocycles. The van der Waals surface area contributed by atoms with Gasteiger partial charge in [0.05, 0.1) is 36.5 Å². The Kier molecular flexibility index (Phi) is 5.60. The van der Waals surface area contributed by atoms with Crippen molar-refractivity contribution in [1.82, 2.24) is 19.7 Å². The summed E-state index contributed by atoms with van der Waals surface area (Å²) in [4.78, 5) is 9.23. The van der Waals surface area contributed by atoms with E-state index in [1.165, 1.54) is 0 Å². The number of fused-ring (bicyclic) bond motifs is 1. The highest BCUT2D eigenvalue weighted by atomic mass is 16.5. The van der Waals surface area contributed by atoms with Crippen LogP contribution in [0.4, 0.5) is 5.82 Å². The smallest absolute Gasteiger partial charge is 0.168 e. The highest BCUT2D eigenvalue weighted by Crippen LogP contribution is 2.29. The Morgan fingerprint density at radius 3 is 2.63 bits per heavy atom. The fourth-order valence-corrected chi connectivity index (χ4v) is 3.31. The summed E-state index contributed by atoms with van der Waals surface area (Å²) in [5.74, 6) is 2.19. The zero-order valence-electron chi connectivity index (χ0n) is 16.6. The molecule has 2 aromatic heterocycles. The van der Waals surface area contributed by atoms with Crippen LogP contribution in [-0.2, 0) is 0 Å². The van der Waals surface area contributed by atoms with Crippen LogP contribution in [0.15, 0.2) is 18.2 Å². The second-order valence-electron chi connectivity index (χ2n) is 6.78. The first-order valence-corrected chi connectivity index (χ1v) is 9.24. The third-order valence-electron chi connectivity index (χ3n) is 4.64. The molecule has 3 aromatic rings. The molecular formula is C20H27N5O2. The molecule has 0 bridgehead atoms. The van der Waals surface area contributed by atoms with E-state index in [0.29, 0.717) is 5.82 Å². The minimum Gasteiger partial charge on any atom is -0.497 e. The molecule has 0 saturated heterocycles. The molecule has 144 valence electrons. The van der Waals surface area contributed by atoms with Gasteiger partial charge in [0.1, 0.15) is 17.4 Å². The van der Waals surface area contributed by atoms with Gasteiger partial charge in [0, 0.05) is 0 Å². The van der Waals surface area contributed by atoms with E-state index in [1.54, 1.807) is 7.11 Å². The fraction of sp³-hybridized carbons (Fsp3) is 0.450. The quantitative estimate of drug-likeness (QED) is 0.664. The van der Waals surface area contributed by atoms with Crippen molar-refractivity contribution in [3.63, 3.8) is 0 Å². The molecule has 2 heterocycles. The number of hydrogen-bond donors (Lipinski definition) is 2. The summed E-state index contributed by atoms with van der Waals surface area (Å²) in [6, 6.07) is 5.84.